The first kappa shape index (κ1) is 16.1. The number of hydrogen-bond acceptors (Lipinski definition) is 4. The zero-order chi connectivity index (χ0) is 5.28. The maximum Gasteiger partial charge on any atom is 1.00 e. The third-order valence-electron chi connectivity index (χ3n) is 0.687. The Morgan fingerprint density at radius 3 is 1.44 bits per heavy atom. The molecule has 0 bridgehead atoms. The third kappa shape index (κ3) is 6.71. The van der Waals surface area contributed by atoms with Gasteiger partial charge in [-0.3, -0.25) is 0 Å². The molecule has 0 aromatic rings. The van der Waals surface area contributed by atoms with Gasteiger partial charge in [-0.1, -0.05) is 0 Å². The molecule has 6 heteroatoms. The number of hydrogen-bond donors (Lipinski definition) is 0. The molecule has 1 heterocycles. The van der Waals surface area contributed by atoms with E-state index in [-0.39, 0.29) is 103 Å². The molecule has 0 aromatic carbocycles. The molecule has 1 saturated heterocycles. The van der Waals surface area contributed by atoms with Gasteiger partial charge < -0.3 is 25.3 Å². The molecule has 0 saturated carbocycles. The van der Waals surface area contributed by atoms with Crippen molar-refractivity contribution in [2.75, 3.05) is 5.08 Å². The smallest absolute Gasteiger partial charge is 0.779 e. The molecule has 1 aliphatic rings. The molecule has 0 aliphatic carbocycles. The van der Waals surface area contributed by atoms with Crippen molar-refractivity contribution in [2.24, 2.45) is 0 Å². The summed E-state index contributed by atoms with van der Waals surface area (Å²) < 4.78 is 0.583. The van der Waals surface area contributed by atoms with Crippen LogP contribution in [0.3, 0.4) is 0 Å². The molecule has 1 aliphatic heterocycles. The Balaban J connectivity index is 0. The van der Waals surface area contributed by atoms with E-state index in [1.165, 1.54) is 0 Å². The van der Waals surface area contributed by atoms with E-state index in [2.05, 4.69) is 0 Å². The predicted octanol–water partition coefficient (Wildman–Crippen LogP) is -4.82. The Kier molecular flexibility index (Phi) is 16.5. The van der Waals surface area contributed by atoms with Crippen LogP contribution in [0.4, 0.5) is 0 Å². The Hall–Kier alpha value is 4.67. The van der Waals surface area contributed by atoms with Crippen molar-refractivity contribution in [3.63, 3.8) is 0 Å². The van der Waals surface area contributed by atoms with E-state index in [9.17, 15) is 0 Å². The Morgan fingerprint density at radius 1 is 1.00 bits per heavy atom. The second-order valence-electron chi connectivity index (χ2n) is 1.19. The standard InChI is InChI=1S/C3H6S4.2K/c4-2-3(5)7-1-6-2;;/h2-5H,1H2;;/q;2*+1/p-2. The topological polar surface area (TPSA) is 0 Å². The van der Waals surface area contributed by atoms with Crippen LogP contribution in [-0.2, 0) is 25.3 Å². The van der Waals surface area contributed by atoms with Crippen molar-refractivity contribution >= 4 is 48.8 Å². The molecular weight excluding hydrogens is 242 g/mol. The first-order valence-electron chi connectivity index (χ1n) is 1.85. The van der Waals surface area contributed by atoms with Crippen molar-refractivity contribution in [3.8, 4) is 0 Å². The van der Waals surface area contributed by atoms with Crippen molar-refractivity contribution < 1.29 is 103 Å². The van der Waals surface area contributed by atoms with E-state index in [0.29, 0.717) is 9.16 Å². The summed E-state index contributed by atoms with van der Waals surface area (Å²) in [5, 5.41) is 1.10. The largest absolute Gasteiger partial charge is 1.00 e. The molecule has 2 unspecified atom stereocenters. The van der Waals surface area contributed by atoms with E-state index in [1.54, 1.807) is 23.5 Å². The molecule has 0 aromatic heterocycles. The van der Waals surface area contributed by atoms with Gasteiger partial charge in [-0.15, -0.1) is 9.16 Å². The fourth-order valence-corrected chi connectivity index (χ4v) is 3.97. The van der Waals surface area contributed by atoms with Gasteiger partial charge in [-0.25, -0.2) is 0 Å². The fraction of sp³-hybridized carbons (Fsp3) is 1.00. The van der Waals surface area contributed by atoms with Crippen LogP contribution in [0.1, 0.15) is 0 Å². The predicted molar refractivity (Wildman–Crippen MR) is 42.4 cm³/mol. The Bertz CT molecular complexity index is 62.8. The quantitative estimate of drug-likeness (QED) is 0.311. The Labute approximate surface area is 161 Å². The molecular formula is C3H4K2S4. The van der Waals surface area contributed by atoms with Gasteiger partial charge in [0.15, 0.2) is 0 Å². The van der Waals surface area contributed by atoms with E-state index in [4.69, 9.17) is 25.3 Å². The molecule has 42 valence electrons. The molecule has 2 atom stereocenters. The first-order valence-corrected chi connectivity index (χ1v) is 4.89. The fourth-order valence-electron chi connectivity index (χ4n) is 0.331. The van der Waals surface area contributed by atoms with Crippen LogP contribution in [0.25, 0.3) is 0 Å². The molecule has 1 fully saturated rings. The van der Waals surface area contributed by atoms with Gasteiger partial charge in [0.1, 0.15) is 0 Å². The van der Waals surface area contributed by atoms with Gasteiger partial charge in [-0.2, -0.15) is 23.5 Å². The van der Waals surface area contributed by atoms with Crippen LogP contribution in [0.2, 0.25) is 0 Å². The second kappa shape index (κ2) is 9.24. The van der Waals surface area contributed by atoms with Gasteiger partial charge in [0.25, 0.3) is 0 Å². The molecule has 9 heavy (non-hydrogen) atoms. The van der Waals surface area contributed by atoms with Crippen molar-refractivity contribution in [3.05, 3.63) is 0 Å². The first-order chi connectivity index (χ1) is 3.30. The minimum atomic E-state index is 0. The van der Waals surface area contributed by atoms with E-state index >= 15 is 0 Å². The molecule has 0 radical (unpaired) electrons. The summed E-state index contributed by atoms with van der Waals surface area (Å²) in [6.07, 6.45) is 0. The van der Waals surface area contributed by atoms with Gasteiger partial charge in [0.05, 0.1) is 0 Å². The van der Waals surface area contributed by atoms with Crippen LogP contribution in [0.5, 0.6) is 0 Å². The van der Waals surface area contributed by atoms with Crippen LogP contribution >= 0.6 is 23.5 Å². The minimum absolute atomic E-state index is 0. The molecule has 0 nitrogen and oxygen atoms in total. The van der Waals surface area contributed by atoms with Crippen molar-refractivity contribution in [1.29, 1.82) is 0 Å². The Morgan fingerprint density at radius 2 is 1.33 bits per heavy atom. The van der Waals surface area contributed by atoms with E-state index in [1.807, 2.05) is 0 Å². The number of thioether (sulfide) groups is 2. The van der Waals surface area contributed by atoms with Gasteiger partial charge >= 0.3 is 103 Å². The summed E-state index contributed by atoms with van der Waals surface area (Å²) in [5.74, 6) is 0. The molecule has 0 amide bonds. The maximum atomic E-state index is 4.96. The average Bonchev–Trinajstić information content (AvgIpc) is 1.91. The molecule has 0 spiro atoms. The average molecular weight is 247 g/mol. The van der Waals surface area contributed by atoms with Gasteiger partial charge in [0, 0.05) is 5.08 Å². The SMILES string of the molecule is [K+].[K+].[S-]C1SCSC1[S-]. The minimum Gasteiger partial charge on any atom is -0.779 e. The van der Waals surface area contributed by atoms with Crippen LogP contribution in [0, 0.1) is 0 Å². The van der Waals surface area contributed by atoms with Gasteiger partial charge in [-0.05, 0) is 0 Å². The van der Waals surface area contributed by atoms with E-state index in [0.717, 1.165) is 5.08 Å². The molecule has 0 N–H and O–H groups in total. The van der Waals surface area contributed by atoms with Crippen LogP contribution in [0.15, 0.2) is 0 Å². The maximum absolute atomic E-state index is 4.96. The zero-order valence-corrected chi connectivity index (χ0v) is 15.0. The normalized spacial score (nSPS) is 32.7. The van der Waals surface area contributed by atoms with Crippen LogP contribution in [-0.4, -0.2) is 14.2 Å². The molecule has 1 rings (SSSR count). The summed E-state index contributed by atoms with van der Waals surface area (Å²) in [6.45, 7) is 0. The summed E-state index contributed by atoms with van der Waals surface area (Å²) >= 11 is 13.5. The van der Waals surface area contributed by atoms with Gasteiger partial charge in [0.2, 0.25) is 0 Å². The van der Waals surface area contributed by atoms with Crippen molar-refractivity contribution in [2.45, 2.75) is 9.16 Å². The van der Waals surface area contributed by atoms with Crippen molar-refractivity contribution in [1.82, 2.24) is 0 Å². The summed E-state index contributed by atoms with van der Waals surface area (Å²) in [7, 11) is 0. The number of rotatable bonds is 0. The van der Waals surface area contributed by atoms with Crippen LogP contribution < -0.4 is 103 Å². The third-order valence-corrected chi connectivity index (χ3v) is 5.03. The van der Waals surface area contributed by atoms with E-state index < -0.39 is 0 Å². The second-order valence-corrected chi connectivity index (χ2v) is 5.43. The monoisotopic (exact) mass is 246 g/mol. The summed E-state index contributed by atoms with van der Waals surface area (Å²) in [5.41, 5.74) is 0. The zero-order valence-electron chi connectivity index (χ0n) is 5.49. The summed E-state index contributed by atoms with van der Waals surface area (Å²) in [6, 6.07) is 0. The summed E-state index contributed by atoms with van der Waals surface area (Å²) in [4.78, 5) is 0.